The number of hydrogen-bond donors (Lipinski definition) is 3. The number of carboxylic acid groups (broad SMARTS) is 1. The first kappa shape index (κ1) is 27.2. The van der Waals surface area contributed by atoms with E-state index < -0.39 is 23.6 Å². The van der Waals surface area contributed by atoms with Crippen molar-refractivity contribution in [2.24, 2.45) is 29.6 Å². The van der Waals surface area contributed by atoms with Crippen LogP contribution in [0.3, 0.4) is 0 Å². The number of ether oxygens (including phenoxy) is 1. The highest BCUT2D eigenvalue weighted by atomic mass is 16.6. The second-order valence-corrected chi connectivity index (χ2v) is 9.81. The highest BCUT2D eigenvalue weighted by molar-refractivity contribution is 5.79. The van der Waals surface area contributed by atoms with Crippen LogP contribution < -0.4 is 10.6 Å². The molecule has 3 N–H and O–H groups in total. The molecule has 0 aliphatic heterocycles. The van der Waals surface area contributed by atoms with Gasteiger partial charge in [0.05, 0.1) is 5.92 Å². The van der Waals surface area contributed by atoms with E-state index in [0.29, 0.717) is 6.42 Å². The first-order valence-electron chi connectivity index (χ1n) is 10.6. The Morgan fingerprint density at radius 3 is 1.76 bits per heavy atom. The first-order chi connectivity index (χ1) is 13.1. The minimum Gasteiger partial charge on any atom is -0.481 e. The molecule has 0 spiro atoms. The van der Waals surface area contributed by atoms with E-state index in [-0.39, 0.29) is 41.7 Å². The van der Waals surface area contributed by atoms with Gasteiger partial charge in [0, 0.05) is 18.0 Å². The normalized spacial score (nSPS) is 18.2. The average Bonchev–Trinajstić information content (AvgIpc) is 2.55. The molecule has 7 nitrogen and oxygen atoms in total. The molecule has 0 rings (SSSR count). The van der Waals surface area contributed by atoms with Gasteiger partial charge in [-0.25, -0.2) is 4.79 Å². The summed E-state index contributed by atoms with van der Waals surface area (Å²) in [4.78, 5) is 36.3. The van der Waals surface area contributed by atoms with Crippen molar-refractivity contribution in [3.05, 3.63) is 0 Å². The van der Waals surface area contributed by atoms with Gasteiger partial charge >= 0.3 is 12.1 Å². The summed E-state index contributed by atoms with van der Waals surface area (Å²) in [6, 6.07) is -0.530. The molecule has 0 aromatic carbocycles. The molecule has 0 saturated heterocycles. The van der Waals surface area contributed by atoms with Crippen LogP contribution in [0.1, 0.15) is 75.7 Å². The predicted molar refractivity (Wildman–Crippen MR) is 115 cm³/mol. The lowest BCUT2D eigenvalue weighted by Crippen LogP contribution is -2.48. The Morgan fingerprint density at radius 1 is 0.862 bits per heavy atom. The molecule has 0 heterocycles. The zero-order chi connectivity index (χ0) is 23.1. The summed E-state index contributed by atoms with van der Waals surface area (Å²) in [5.74, 6) is -1.91. The molecule has 170 valence electrons. The minimum atomic E-state index is -0.830. The van der Waals surface area contributed by atoms with Crippen molar-refractivity contribution < 1.29 is 24.2 Å². The molecule has 0 aromatic rings. The molecule has 0 aliphatic carbocycles. The molecule has 0 saturated carbocycles. The fourth-order valence-corrected chi connectivity index (χ4v) is 3.18. The number of aliphatic carboxylic acids is 1. The van der Waals surface area contributed by atoms with Crippen LogP contribution in [0, 0.1) is 29.6 Å². The van der Waals surface area contributed by atoms with Crippen molar-refractivity contribution >= 4 is 18.0 Å². The van der Waals surface area contributed by atoms with E-state index in [2.05, 4.69) is 10.6 Å². The van der Waals surface area contributed by atoms with Crippen LogP contribution in [0.4, 0.5) is 4.79 Å². The van der Waals surface area contributed by atoms with Crippen LogP contribution >= 0.6 is 0 Å². The average molecular weight is 415 g/mol. The lowest BCUT2D eigenvalue weighted by molar-refractivity contribution is -0.145. The SMILES string of the molecule is CC(C)C[C@@H](C(=O)O)[C@@H](C)[C@@H](C)NC(=O)[C@H](C)[C@@H](C)[C@@H](C)NC(=O)OC(C)(C)C. The smallest absolute Gasteiger partial charge is 0.407 e. The number of carboxylic acids is 1. The summed E-state index contributed by atoms with van der Waals surface area (Å²) < 4.78 is 5.27. The van der Waals surface area contributed by atoms with Gasteiger partial charge in [-0.15, -0.1) is 0 Å². The van der Waals surface area contributed by atoms with E-state index in [1.807, 2.05) is 48.5 Å². The Labute approximate surface area is 176 Å². The third-order valence-corrected chi connectivity index (χ3v) is 5.57. The maximum Gasteiger partial charge on any atom is 0.407 e. The molecule has 0 aliphatic rings. The van der Waals surface area contributed by atoms with E-state index in [9.17, 15) is 19.5 Å². The van der Waals surface area contributed by atoms with Gasteiger partial charge in [0.2, 0.25) is 5.91 Å². The van der Waals surface area contributed by atoms with Gasteiger partial charge in [-0.3, -0.25) is 9.59 Å². The van der Waals surface area contributed by atoms with Crippen molar-refractivity contribution in [1.82, 2.24) is 10.6 Å². The Bertz CT molecular complexity index is 556. The number of amides is 2. The summed E-state index contributed by atoms with van der Waals surface area (Å²) >= 11 is 0. The third kappa shape index (κ3) is 9.99. The van der Waals surface area contributed by atoms with Crippen molar-refractivity contribution in [2.45, 2.75) is 93.3 Å². The number of carbonyl (C=O) groups excluding carboxylic acids is 2. The largest absolute Gasteiger partial charge is 0.481 e. The minimum absolute atomic E-state index is 0.129. The molecular weight excluding hydrogens is 372 g/mol. The maximum absolute atomic E-state index is 12.7. The fourth-order valence-electron chi connectivity index (χ4n) is 3.18. The van der Waals surface area contributed by atoms with E-state index in [4.69, 9.17) is 4.74 Å². The number of hydrogen-bond acceptors (Lipinski definition) is 4. The van der Waals surface area contributed by atoms with Crippen molar-refractivity contribution in [2.75, 3.05) is 0 Å². The molecular formula is C22H42N2O5. The topological polar surface area (TPSA) is 105 Å². The molecule has 0 fully saturated rings. The van der Waals surface area contributed by atoms with Gasteiger partial charge in [-0.1, -0.05) is 34.6 Å². The van der Waals surface area contributed by atoms with Gasteiger partial charge in [0.1, 0.15) is 5.60 Å². The fraction of sp³-hybridized carbons (Fsp3) is 0.864. The molecule has 2 amide bonds. The van der Waals surface area contributed by atoms with Gasteiger partial charge in [0.15, 0.2) is 0 Å². The van der Waals surface area contributed by atoms with Crippen LogP contribution in [-0.2, 0) is 14.3 Å². The summed E-state index contributed by atoms with van der Waals surface area (Å²) in [7, 11) is 0. The zero-order valence-corrected chi connectivity index (χ0v) is 19.8. The summed E-state index contributed by atoms with van der Waals surface area (Å²) in [5.41, 5.74) is -0.585. The molecule has 6 atom stereocenters. The standard InChI is InChI=1S/C22H42N2O5/c1-12(2)11-18(20(26)27)15(5)17(7)23-19(25)14(4)13(3)16(6)24-21(28)29-22(8,9)10/h12-18H,11H2,1-10H3,(H,23,25)(H,24,28)(H,26,27)/t13-,14-,15+,16-,17-,18-/m1/s1. The Morgan fingerprint density at radius 2 is 1.34 bits per heavy atom. The van der Waals surface area contributed by atoms with Crippen LogP contribution in [0.25, 0.3) is 0 Å². The second kappa shape index (κ2) is 11.4. The highest BCUT2D eigenvalue weighted by Gasteiger charge is 2.32. The van der Waals surface area contributed by atoms with Gasteiger partial charge < -0.3 is 20.5 Å². The summed E-state index contributed by atoms with van der Waals surface area (Å²) in [6.45, 7) is 18.6. The molecule has 0 aromatic heterocycles. The van der Waals surface area contributed by atoms with Crippen LogP contribution in [-0.4, -0.2) is 40.8 Å². The van der Waals surface area contributed by atoms with Crippen molar-refractivity contribution in [3.8, 4) is 0 Å². The van der Waals surface area contributed by atoms with E-state index in [1.54, 1.807) is 20.8 Å². The monoisotopic (exact) mass is 414 g/mol. The Balaban J connectivity index is 4.88. The molecule has 7 heteroatoms. The lowest BCUT2D eigenvalue weighted by Gasteiger charge is -2.31. The van der Waals surface area contributed by atoms with E-state index in [1.165, 1.54) is 0 Å². The van der Waals surface area contributed by atoms with E-state index in [0.717, 1.165) is 0 Å². The number of carbonyl (C=O) groups is 3. The Kier molecular flexibility index (Phi) is 10.7. The van der Waals surface area contributed by atoms with E-state index >= 15 is 0 Å². The van der Waals surface area contributed by atoms with Crippen molar-refractivity contribution in [1.29, 1.82) is 0 Å². The van der Waals surface area contributed by atoms with Crippen LogP contribution in [0.2, 0.25) is 0 Å². The zero-order valence-electron chi connectivity index (χ0n) is 19.8. The van der Waals surface area contributed by atoms with Gasteiger partial charge in [0.25, 0.3) is 0 Å². The summed E-state index contributed by atoms with van der Waals surface area (Å²) in [6.07, 6.45) is 0.0592. The Hall–Kier alpha value is -1.79. The molecule has 29 heavy (non-hydrogen) atoms. The van der Waals surface area contributed by atoms with Crippen molar-refractivity contribution in [3.63, 3.8) is 0 Å². The second-order valence-electron chi connectivity index (χ2n) is 9.81. The lowest BCUT2D eigenvalue weighted by atomic mass is 9.82. The first-order valence-corrected chi connectivity index (χ1v) is 10.6. The summed E-state index contributed by atoms with van der Waals surface area (Å²) in [5, 5.41) is 15.3. The van der Waals surface area contributed by atoms with Gasteiger partial charge in [-0.2, -0.15) is 0 Å². The molecule has 0 unspecified atom stereocenters. The molecule has 0 radical (unpaired) electrons. The molecule has 0 bridgehead atoms. The third-order valence-electron chi connectivity index (χ3n) is 5.57. The number of rotatable bonds is 10. The van der Waals surface area contributed by atoms with Gasteiger partial charge in [-0.05, 0) is 58.8 Å². The quantitative estimate of drug-likeness (QED) is 0.500. The predicted octanol–water partition coefficient (Wildman–Crippen LogP) is 4.06. The van der Waals surface area contributed by atoms with Crippen LogP contribution in [0.15, 0.2) is 0 Å². The van der Waals surface area contributed by atoms with Crippen LogP contribution in [0.5, 0.6) is 0 Å². The number of alkyl carbamates (subject to hydrolysis) is 1. The maximum atomic E-state index is 12.7. The highest BCUT2D eigenvalue weighted by Crippen LogP contribution is 2.24. The number of nitrogens with one attached hydrogen (secondary N) is 2.